The van der Waals surface area contributed by atoms with E-state index in [1.165, 1.54) is 36.0 Å². The molecular formula is C34H29FN8O3S. The molecule has 3 aromatic carbocycles. The molecule has 6 aromatic rings. The number of hydrogen-bond acceptors (Lipinski definition) is 10. The monoisotopic (exact) mass is 648 g/mol. The number of nitrogen functional groups attached to an aromatic ring is 1. The molecule has 0 unspecified atom stereocenters. The number of nitrogens with one attached hydrogen (secondary N) is 1. The lowest BCUT2D eigenvalue weighted by Crippen LogP contribution is -2.33. The average Bonchev–Trinajstić information content (AvgIpc) is 3.68. The number of aryl methyl sites for hydroxylation is 1. The van der Waals surface area contributed by atoms with E-state index in [9.17, 15) is 14.0 Å². The number of benzene rings is 3. The Bertz CT molecular complexity index is 2110. The summed E-state index contributed by atoms with van der Waals surface area (Å²) in [6.45, 7) is 0. The molecule has 47 heavy (non-hydrogen) atoms. The SMILES string of the molecule is CN(/C=C(\C=O)C(=O)Nc1ccc(Oc2ncnc3sc(-c4cnn(C)c4)c(-c4cccc(N)c4)c23)cc1)N(C)c1ccc(F)cc1. The third-order valence-electron chi connectivity index (χ3n) is 7.31. The number of amides is 1. The number of nitrogens with two attached hydrogens (primary N) is 1. The van der Waals surface area contributed by atoms with Gasteiger partial charge in [-0.1, -0.05) is 12.1 Å². The van der Waals surface area contributed by atoms with Gasteiger partial charge in [0, 0.05) is 60.9 Å². The first-order valence-corrected chi connectivity index (χ1v) is 15.1. The molecule has 6 rings (SSSR count). The van der Waals surface area contributed by atoms with E-state index in [4.69, 9.17) is 10.5 Å². The second-order valence-corrected chi connectivity index (χ2v) is 11.5. The van der Waals surface area contributed by atoms with Gasteiger partial charge in [-0.25, -0.2) is 14.4 Å². The van der Waals surface area contributed by atoms with Crippen molar-refractivity contribution in [3.63, 3.8) is 0 Å². The van der Waals surface area contributed by atoms with Crippen LogP contribution in [0.2, 0.25) is 0 Å². The van der Waals surface area contributed by atoms with E-state index < -0.39 is 5.91 Å². The number of carbonyl (C=O) groups excluding carboxylic acids is 2. The number of carbonyl (C=O) groups is 2. The number of nitrogens with zero attached hydrogens (tertiary/aromatic N) is 6. The van der Waals surface area contributed by atoms with E-state index in [1.807, 2.05) is 37.5 Å². The zero-order valence-electron chi connectivity index (χ0n) is 25.6. The fourth-order valence-corrected chi connectivity index (χ4v) is 6.02. The summed E-state index contributed by atoms with van der Waals surface area (Å²) in [7, 11) is 5.25. The smallest absolute Gasteiger partial charge is 0.260 e. The second kappa shape index (κ2) is 13.1. The fourth-order valence-electron chi connectivity index (χ4n) is 4.89. The first-order chi connectivity index (χ1) is 22.7. The summed E-state index contributed by atoms with van der Waals surface area (Å²) in [5.74, 6) is -0.130. The highest BCUT2D eigenvalue weighted by Crippen LogP contribution is 2.47. The van der Waals surface area contributed by atoms with Crippen LogP contribution >= 0.6 is 11.3 Å². The Balaban J connectivity index is 1.24. The second-order valence-electron chi connectivity index (χ2n) is 10.5. The van der Waals surface area contributed by atoms with Crippen LogP contribution in [0, 0.1) is 5.82 Å². The van der Waals surface area contributed by atoms with Crippen LogP contribution in [-0.4, -0.2) is 51.0 Å². The lowest BCUT2D eigenvalue weighted by atomic mass is 10.0. The van der Waals surface area contributed by atoms with Crippen LogP contribution in [0.4, 0.5) is 21.5 Å². The normalized spacial score (nSPS) is 11.4. The van der Waals surface area contributed by atoms with E-state index in [2.05, 4.69) is 20.4 Å². The van der Waals surface area contributed by atoms with E-state index in [0.717, 1.165) is 31.8 Å². The van der Waals surface area contributed by atoms with Gasteiger partial charge in [0.25, 0.3) is 5.91 Å². The number of anilines is 3. The summed E-state index contributed by atoms with van der Waals surface area (Å²) in [6.07, 6.45) is 7.06. The van der Waals surface area contributed by atoms with Crippen molar-refractivity contribution in [3.05, 3.63) is 109 Å². The van der Waals surface area contributed by atoms with Crippen LogP contribution in [0.5, 0.6) is 11.6 Å². The van der Waals surface area contributed by atoms with Crippen LogP contribution in [0.3, 0.4) is 0 Å². The molecule has 0 aliphatic carbocycles. The Labute approximate surface area is 273 Å². The molecule has 3 N–H and O–H groups in total. The van der Waals surface area contributed by atoms with Crippen LogP contribution in [0.15, 0.2) is 103 Å². The Morgan fingerprint density at radius 1 is 1.04 bits per heavy atom. The zero-order valence-corrected chi connectivity index (χ0v) is 26.4. The van der Waals surface area contributed by atoms with Crippen molar-refractivity contribution in [2.45, 2.75) is 0 Å². The first kappa shape index (κ1) is 30.9. The summed E-state index contributed by atoms with van der Waals surface area (Å²) in [4.78, 5) is 35.5. The molecule has 0 aliphatic heterocycles. The summed E-state index contributed by atoms with van der Waals surface area (Å²) in [6, 6.07) is 20.1. The number of thiophene rings is 1. The van der Waals surface area contributed by atoms with Crippen molar-refractivity contribution in [2.75, 3.05) is 30.2 Å². The van der Waals surface area contributed by atoms with E-state index >= 15 is 0 Å². The number of fused-ring (bicyclic) bond motifs is 1. The van der Waals surface area contributed by atoms with E-state index in [1.54, 1.807) is 71.4 Å². The van der Waals surface area contributed by atoms with Crippen LogP contribution in [0.25, 0.3) is 31.8 Å². The number of aldehydes is 1. The summed E-state index contributed by atoms with van der Waals surface area (Å²) < 4.78 is 21.3. The fraction of sp³-hybridized carbons (Fsp3) is 0.0882. The van der Waals surface area contributed by atoms with Gasteiger partial charge >= 0.3 is 0 Å². The highest BCUT2D eigenvalue weighted by atomic mass is 32.1. The van der Waals surface area contributed by atoms with Gasteiger partial charge < -0.3 is 15.8 Å². The lowest BCUT2D eigenvalue weighted by Gasteiger charge is -2.29. The summed E-state index contributed by atoms with van der Waals surface area (Å²) in [5.41, 5.74) is 10.5. The predicted molar refractivity (Wildman–Crippen MR) is 181 cm³/mol. The minimum Gasteiger partial charge on any atom is -0.438 e. The molecule has 0 saturated carbocycles. The molecule has 236 valence electrons. The maximum absolute atomic E-state index is 13.3. The van der Waals surface area contributed by atoms with E-state index in [-0.39, 0.29) is 11.4 Å². The van der Waals surface area contributed by atoms with Crippen molar-refractivity contribution < 1.29 is 18.7 Å². The van der Waals surface area contributed by atoms with Gasteiger partial charge in [-0.15, -0.1) is 11.3 Å². The molecule has 0 fully saturated rings. The molecule has 0 aliphatic rings. The topological polar surface area (TPSA) is 132 Å². The molecule has 0 bridgehead atoms. The molecule has 0 radical (unpaired) electrons. The average molecular weight is 649 g/mol. The van der Waals surface area contributed by atoms with Gasteiger partial charge in [-0.2, -0.15) is 5.10 Å². The van der Waals surface area contributed by atoms with Crippen molar-refractivity contribution in [1.82, 2.24) is 24.8 Å². The number of hydrazine groups is 1. The molecule has 0 saturated heterocycles. The van der Waals surface area contributed by atoms with Crippen LogP contribution < -0.4 is 20.8 Å². The van der Waals surface area contributed by atoms with Crippen LogP contribution in [0.1, 0.15) is 0 Å². The zero-order chi connectivity index (χ0) is 33.1. The highest BCUT2D eigenvalue weighted by Gasteiger charge is 2.22. The maximum atomic E-state index is 13.3. The predicted octanol–water partition coefficient (Wildman–Crippen LogP) is 6.28. The van der Waals surface area contributed by atoms with Crippen molar-refractivity contribution in [3.8, 4) is 33.2 Å². The molecule has 3 heterocycles. The Hall–Kier alpha value is -6.08. The van der Waals surface area contributed by atoms with Gasteiger partial charge in [0.15, 0.2) is 6.29 Å². The number of halogens is 1. The third-order valence-corrected chi connectivity index (χ3v) is 8.46. The molecule has 0 atom stereocenters. The number of hydrogen-bond donors (Lipinski definition) is 2. The van der Waals surface area contributed by atoms with Gasteiger partial charge in [0.05, 0.1) is 22.8 Å². The maximum Gasteiger partial charge on any atom is 0.260 e. The number of aromatic nitrogens is 4. The van der Waals surface area contributed by atoms with Crippen molar-refractivity contribution in [2.24, 2.45) is 7.05 Å². The van der Waals surface area contributed by atoms with Crippen molar-refractivity contribution in [1.29, 1.82) is 0 Å². The standard InChI is InChI=1S/C34H29FN8O3S/c1-41-17-22(16-39-41)31-29(21-5-4-6-25(36)15-21)30-33(37-20-38-34(30)47-31)46-28-13-9-26(10-14-28)40-32(45)23(19-44)18-42(2)43(3)27-11-7-24(35)8-12-27/h4-20H,36H2,1-3H3,(H,40,45)/b23-18+. The molecule has 13 heteroatoms. The Kier molecular flexibility index (Phi) is 8.62. The first-order valence-electron chi connectivity index (χ1n) is 14.3. The largest absolute Gasteiger partial charge is 0.438 e. The quantitative estimate of drug-likeness (QED) is 0.0440. The van der Waals surface area contributed by atoms with Crippen LogP contribution in [-0.2, 0) is 16.6 Å². The molecular weight excluding hydrogens is 619 g/mol. The summed E-state index contributed by atoms with van der Waals surface area (Å²) in [5, 5.41) is 11.0. The number of rotatable bonds is 10. The Morgan fingerprint density at radius 2 is 1.81 bits per heavy atom. The minimum atomic E-state index is -0.599. The third kappa shape index (κ3) is 6.65. The van der Waals surface area contributed by atoms with Gasteiger partial charge in [0.1, 0.15) is 22.7 Å². The van der Waals surface area contributed by atoms with Gasteiger partial charge in [0.2, 0.25) is 5.88 Å². The molecule has 11 nitrogen and oxygen atoms in total. The minimum absolute atomic E-state index is 0.110. The number of ether oxygens (including phenoxy) is 1. The molecule has 1 amide bonds. The van der Waals surface area contributed by atoms with E-state index in [0.29, 0.717) is 35.0 Å². The lowest BCUT2D eigenvalue weighted by molar-refractivity contribution is -0.115. The molecule has 0 spiro atoms. The van der Waals surface area contributed by atoms with Gasteiger partial charge in [-0.3, -0.25) is 24.3 Å². The highest BCUT2D eigenvalue weighted by molar-refractivity contribution is 7.22. The van der Waals surface area contributed by atoms with Crippen molar-refractivity contribution >= 4 is 50.8 Å². The molecule has 3 aromatic heterocycles. The van der Waals surface area contributed by atoms with Gasteiger partial charge in [-0.05, 0) is 66.2 Å². The summed E-state index contributed by atoms with van der Waals surface area (Å²) >= 11 is 1.51. The Morgan fingerprint density at radius 3 is 2.49 bits per heavy atom.